The zero-order chi connectivity index (χ0) is 51.7. The minimum atomic E-state index is -4.80. The molecule has 0 saturated carbocycles. The minimum absolute atomic E-state index is 0.170. The summed E-state index contributed by atoms with van der Waals surface area (Å²) < 4.78 is 53.1. The fourth-order valence-electron chi connectivity index (χ4n) is 6.33. The number of hydrogen-bond acceptors (Lipinski definition) is 13. The molecule has 5 N–H and O–H groups in total. The van der Waals surface area contributed by atoms with Crippen LogP contribution in [0.5, 0.6) is 0 Å². The Labute approximate surface area is 421 Å². The average Bonchev–Trinajstić information content (AvgIpc) is 3.34. The van der Waals surface area contributed by atoms with E-state index in [1.165, 1.54) is 38.5 Å². The topological polar surface area (TPSA) is 225 Å². The van der Waals surface area contributed by atoms with Gasteiger partial charge in [-0.05, 0) is 89.9 Å². The summed E-state index contributed by atoms with van der Waals surface area (Å²) in [7, 11) is -9.59. The van der Waals surface area contributed by atoms with Gasteiger partial charge >= 0.3 is 27.6 Å². The molecule has 0 spiro atoms. The largest absolute Gasteiger partial charge is 0.472 e. The van der Waals surface area contributed by atoms with Crippen molar-refractivity contribution in [1.29, 1.82) is 0 Å². The molecule has 0 fully saturated rings. The molecule has 0 aliphatic heterocycles. The average molecular weight is 1030 g/mol. The Balaban J connectivity index is 3.90. The van der Waals surface area contributed by atoms with Gasteiger partial charge in [-0.3, -0.25) is 27.7 Å². The van der Waals surface area contributed by atoms with Gasteiger partial charge in [0.05, 0.1) is 26.4 Å². The summed E-state index contributed by atoms with van der Waals surface area (Å²) >= 11 is 0. The lowest BCUT2D eigenvalue weighted by Gasteiger charge is -2.19. The predicted molar refractivity (Wildman–Crippen MR) is 279 cm³/mol. The van der Waals surface area contributed by atoms with E-state index in [1.807, 2.05) is 0 Å². The molecule has 5 unspecified atom stereocenters. The van der Waals surface area contributed by atoms with E-state index < -0.39 is 85.5 Å². The molecule has 0 amide bonds. The van der Waals surface area contributed by atoms with Crippen LogP contribution in [0.25, 0.3) is 0 Å². The summed E-state index contributed by atoms with van der Waals surface area (Å²) in [5.41, 5.74) is 0. The molecule has 0 aliphatic rings. The second-order valence-electron chi connectivity index (χ2n) is 17.2. The van der Waals surface area contributed by atoms with Crippen LogP contribution in [0.3, 0.4) is 0 Å². The van der Waals surface area contributed by atoms with Gasteiger partial charge in [-0.25, -0.2) is 9.13 Å². The highest BCUT2D eigenvalue weighted by Crippen LogP contribution is 2.45. The molecular formula is C53H92O15P2. The molecule has 0 saturated heterocycles. The van der Waals surface area contributed by atoms with E-state index in [2.05, 4.69) is 117 Å². The number of ether oxygens (including phenoxy) is 2. The summed E-state index contributed by atoms with van der Waals surface area (Å²) in [6.07, 6.45) is 51.3. The summed E-state index contributed by atoms with van der Waals surface area (Å²) in [5.74, 6) is -1.02. The van der Waals surface area contributed by atoms with Gasteiger partial charge in [0.25, 0.3) is 0 Å². The van der Waals surface area contributed by atoms with Crippen molar-refractivity contribution in [2.75, 3.05) is 39.6 Å². The number of aliphatic hydroxyl groups is 3. The Morgan fingerprint density at radius 2 is 0.657 bits per heavy atom. The Bertz CT molecular complexity index is 1570. The molecule has 0 aliphatic carbocycles. The lowest BCUT2D eigenvalue weighted by molar-refractivity contribution is -0.148. The van der Waals surface area contributed by atoms with Crippen LogP contribution in [0.2, 0.25) is 0 Å². The highest BCUT2D eigenvalue weighted by Gasteiger charge is 2.28. The van der Waals surface area contributed by atoms with Crippen LogP contribution in [0.1, 0.15) is 181 Å². The maximum absolute atomic E-state index is 12.2. The molecule has 0 rings (SSSR count). The van der Waals surface area contributed by atoms with Crippen LogP contribution in [-0.2, 0) is 46.3 Å². The van der Waals surface area contributed by atoms with Crippen LogP contribution >= 0.6 is 15.6 Å². The van der Waals surface area contributed by atoms with E-state index >= 15 is 0 Å². The van der Waals surface area contributed by atoms with Crippen molar-refractivity contribution >= 4 is 27.6 Å². The zero-order valence-corrected chi connectivity index (χ0v) is 44.4. The number of phosphoric acid groups is 2. The number of rotatable bonds is 49. The van der Waals surface area contributed by atoms with E-state index in [9.17, 15) is 43.8 Å². The fraction of sp³-hybridized carbons (Fsp3) is 0.698. The lowest BCUT2D eigenvalue weighted by atomic mass is 10.1. The van der Waals surface area contributed by atoms with Gasteiger partial charge in [-0.2, -0.15) is 0 Å². The molecule has 5 atom stereocenters. The first-order valence-corrected chi connectivity index (χ1v) is 28.9. The molecule has 17 heteroatoms. The molecule has 0 aromatic rings. The number of phosphoric ester groups is 2. The highest BCUT2D eigenvalue weighted by atomic mass is 31.2. The highest BCUT2D eigenvalue weighted by molar-refractivity contribution is 7.47. The van der Waals surface area contributed by atoms with E-state index in [1.54, 1.807) is 0 Å². The van der Waals surface area contributed by atoms with Crippen LogP contribution in [0.15, 0.2) is 85.1 Å². The molecule has 15 nitrogen and oxygen atoms in total. The van der Waals surface area contributed by atoms with Crippen LogP contribution in [0.4, 0.5) is 0 Å². The van der Waals surface area contributed by atoms with Crippen molar-refractivity contribution in [2.24, 2.45) is 0 Å². The smallest absolute Gasteiger partial charge is 0.463 e. The first-order valence-electron chi connectivity index (χ1n) is 25.9. The maximum Gasteiger partial charge on any atom is 0.472 e. The van der Waals surface area contributed by atoms with E-state index in [-0.39, 0.29) is 12.8 Å². The molecule has 404 valence electrons. The quantitative estimate of drug-likeness (QED) is 0.0165. The standard InChI is InChI=1S/C53H92O15P2/c1-3-5-7-9-11-13-15-17-19-21-22-23-24-26-28-30-32-34-36-38-40-42-53(58)64-44-50(55)46-66-70(61,62)68-48-51(56)47-67-69(59,60)65-45-49(54)43-63-52(57)41-39-37-35-33-31-29-27-25-20-18-16-14-12-10-8-6-4-2/h5,7,11-14,17-20,22-23,26,28,49-51,54-56H,3-4,6,8-10,15-16,21,24-25,27,29-48H2,1-2H3,(H,59,60)(H,61,62)/b7-5-,13-11-,14-12-,19-17-,20-18-,23-22-,28-26-. The summed E-state index contributed by atoms with van der Waals surface area (Å²) in [4.78, 5) is 43.9. The molecule has 0 radical (unpaired) electrons. The predicted octanol–water partition coefficient (Wildman–Crippen LogP) is 12.5. The summed E-state index contributed by atoms with van der Waals surface area (Å²) in [6, 6.07) is 0. The summed E-state index contributed by atoms with van der Waals surface area (Å²) in [5, 5.41) is 30.1. The third kappa shape index (κ3) is 50.2. The normalized spacial score (nSPS) is 15.6. The van der Waals surface area contributed by atoms with Gasteiger partial charge in [-0.15, -0.1) is 0 Å². The Morgan fingerprint density at radius 3 is 0.986 bits per heavy atom. The SMILES string of the molecule is CC/C=C\C/C=C\C/C=C\C/C=C\C/C=C\CCCCCCCC(=O)OCC(O)COP(=O)(O)OCC(O)COP(=O)(O)OCC(O)COC(=O)CCCCCCCCC/C=C\C/C=C\CCCCC. The van der Waals surface area contributed by atoms with E-state index in [0.717, 1.165) is 103 Å². The monoisotopic (exact) mass is 1030 g/mol. The van der Waals surface area contributed by atoms with Gasteiger partial charge in [-0.1, -0.05) is 163 Å². The number of hydrogen-bond donors (Lipinski definition) is 5. The molecular weight excluding hydrogens is 939 g/mol. The molecule has 0 bridgehead atoms. The van der Waals surface area contributed by atoms with E-state index in [4.69, 9.17) is 9.47 Å². The molecule has 0 aromatic carbocycles. The first-order chi connectivity index (χ1) is 33.8. The zero-order valence-electron chi connectivity index (χ0n) is 42.7. The van der Waals surface area contributed by atoms with Gasteiger partial charge in [0.15, 0.2) is 0 Å². The number of allylic oxidation sites excluding steroid dienone is 14. The van der Waals surface area contributed by atoms with Gasteiger partial charge in [0.2, 0.25) is 0 Å². The molecule has 0 aromatic heterocycles. The number of carbonyl (C=O) groups is 2. The first kappa shape index (κ1) is 67.2. The van der Waals surface area contributed by atoms with Gasteiger partial charge < -0.3 is 34.6 Å². The van der Waals surface area contributed by atoms with Crippen molar-refractivity contribution in [2.45, 2.75) is 199 Å². The second-order valence-corrected chi connectivity index (χ2v) is 20.1. The van der Waals surface area contributed by atoms with Crippen LogP contribution in [0, 0.1) is 0 Å². The Hall–Kier alpha value is -2.78. The fourth-order valence-corrected chi connectivity index (χ4v) is 7.92. The maximum atomic E-state index is 12.2. The number of unbranched alkanes of at least 4 members (excludes halogenated alkanes) is 15. The second kappa shape index (κ2) is 48.5. The number of esters is 2. The summed E-state index contributed by atoms with van der Waals surface area (Å²) in [6.45, 7) is 0.245. The number of carbonyl (C=O) groups excluding carboxylic acids is 2. The van der Waals surface area contributed by atoms with Gasteiger partial charge in [0.1, 0.15) is 31.5 Å². The van der Waals surface area contributed by atoms with E-state index in [0.29, 0.717) is 12.8 Å². The van der Waals surface area contributed by atoms with Gasteiger partial charge in [0, 0.05) is 12.8 Å². The van der Waals surface area contributed by atoms with Crippen LogP contribution in [-0.4, -0.2) is 95.0 Å². The van der Waals surface area contributed by atoms with Crippen molar-refractivity contribution in [3.63, 3.8) is 0 Å². The van der Waals surface area contributed by atoms with Crippen molar-refractivity contribution in [3.8, 4) is 0 Å². The third-order valence-corrected chi connectivity index (χ3v) is 12.2. The molecule has 0 heterocycles. The van der Waals surface area contributed by atoms with Crippen LogP contribution < -0.4 is 0 Å². The van der Waals surface area contributed by atoms with Crippen molar-refractivity contribution < 1.29 is 71.4 Å². The third-order valence-electron chi connectivity index (χ3n) is 10.3. The van der Waals surface area contributed by atoms with Crippen molar-refractivity contribution in [3.05, 3.63) is 85.1 Å². The number of aliphatic hydroxyl groups excluding tert-OH is 3. The molecule has 70 heavy (non-hydrogen) atoms. The lowest BCUT2D eigenvalue weighted by Crippen LogP contribution is -2.25. The Morgan fingerprint density at radius 1 is 0.386 bits per heavy atom. The van der Waals surface area contributed by atoms with Crippen molar-refractivity contribution in [1.82, 2.24) is 0 Å². The minimum Gasteiger partial charge on any atom is -0.463 e. The Kier molecular flexibility index (Phi) is 46.6.